The van der Waals surface area contributed by atoms with Crippen LogP contribution >= 0.6 is 12.2 Å². The molecule has 0 aromatic rings. The van der Waals surface area contributed by atoms with Gasteiger partial charge in [0.2, 0.25) is 0 Å². The van der Waals surface area contributed by atoms with Gasteiger partial charge in [0.15, 0.2) is 5.11 Å². The summed E-state index contributed by atoms with van der Waals surface area (Å²) in [6.45, 7) is 5.97. The molecular formula is C13H22N2O2S. The van der Waals surface area contributed by atoms with Crippen LogP contribution in [0.15, 0.2) is 11.8 Å². The molecule has 0 amide bonds. The Bertz CT molecular complexity index is 368. The van der Waals surface area contributed by atoms with Crippen LogP contribution in [0.25, 0.3) is 0 Å². The molecule has 0 aromatic carbocycles. The molecule has 18 heavy (non-hydrogen) atoms. The van der Waals surface area contributed by atoms with Gasteiger partial charge in [-0.05, 0) is 38.1 Å². The summed E-state index contributed by atoms with van der Waals surface area (Å²) in [5.41, 5.74) is 5.77. The molecule has 1 fully saturated rings. The van der Waals surface area contributed by atoms with E-state index in [0.29, 0.717) is 0 Å². The largest absolute Gasteiger partial charge is 0.455 e. The van der Waals surface area contributed by atoms with Crippen molar-refractivity contribution in [3.05, 3.63) is 11.8 Å². The van der Waals surface area contributed by atoms with Crippen molar-refractivity contribution >= 4 is 23.3 Å². The fourth-order valence-corrected chi connectivity index (χ4v) is 2.20. The molecule has 0 spiro atoms. The Labute approximate surface area is 114 Å². The van der Waals surface area contributed by atoms with Crippen molar-refractivity contribution in [3.8, 4) is 0 Å². The quantitative estimate of drug-likeness (QED) is 0.592. The number of hydrogen-bond acceptors (Lipinski definition) is 3. The van der Waals surface area contributed by atoms with E-state index in [2.05, 4.69) is 12.2 Å². The summed E-state index contributed by atoms with van der Waals surface area (Å²) < 4.78 is 5.52. The summed E-state index contributed by atoms with van der Waals surface area (Å²) in [5.74, 6) is -0.0721. The first-order valence-corrected chi connectivity index (χ1v) is 6.76. The SMILES string of the molecule is CCCC[C@@H]1C[C@](C)(C(C)=CNC(N)=S)OC1=O. The van der Waals surface area contributed by atoms with Crippen LogP contribution in [-0.2, 0) is 9.53 Å². The number of esters is 1. The Hall–Kier alpha value is -1.10. The maximum absolute atomic E-state index is 11.8. The molecule has 0 radical (unpaired) electrons. The van der Waals surface area contributed by atoms with Crippen molar-refractivity contribution in [1.29, 1.82) is 0 Å². The fourth-order valence-electron chi connectivity index (χ4n) is 2.14. The van der Waals surface area contributed by atoms with Gasteiger partial charge in [-0.2, -0.15) is 0 Å². The number of hydrogen-bond donors (Lipinski definition) is 2. The minimum atomic E-state index is -0.534. The van der Waals surface area contributed by atoms with Crippen molar-refractivity contribution in [1.82, 2.24) is 5.32 Å². The molecule has 1 aliphatic heterocycles. The highest BCUT2D eigenvalue weighted by molar-refractivity contribution is 7.80. The molecule has 1 aliphatic rings. The summed E-state index contributed by atoms with van der Waals surface area (Å²) in [6.07, 6.45) is 5.51. The molecule has 0 saturated carbocycles. The molecular weight excluding hydrogens is 248 g/mol. The normalized spacial score (nSPS) is 28.1. The number of nitrogens with two attached hydrogens (primary N) is 1. The van der Waals surface area contributed by atoms with E-state index in [4.69, 9.17) is 22.7 Å². The van der Waals surface area contributed by atoms with E-state index in [1.54, 1.807) is 6.20 Å². The summed E-state index contributed by atoms with van der Waals surface area (Å²) in [4.78, 5) is 11.8. The van der Waals surface area contributed by atoms with E-state index in [1.165, 1.54) is 0 Å². The molecule has 2 atom stereocenters. The molecule has 0 unspecified atom stereocenters. The number of carbonyl (C=O) groups is 1. The minimum Gasteiger partial charge on any atom is -0.455 e. The lowest BCUT2D eigenvalue weighted by atomic mass is 9.87. The zero-order valence-corrected chi connectivity index (χ0v) is 12.1. The lowest BCUT2D eigenvalue weighted by Crippen LogP contribution is -2.30. The Kier molecular flexibility index (Phi) is 5.14. The highest BCUT2D eigenvalue weighted by Gasteiger charge is 2.43. The Balaban J connectivity index is 2.68. The molecule has 1 rings (SSSR count). The monoisotopic (exact) mass is 270 g/mol. The molecule has 5 heteroatoms. The maximum atomic E-state index is 11.8. The number of unbranched alkanes of at least 4 members (excludes halogenated alkanes) is 1. The zero-order chi connectivity index (χ0) is 13.8. The maximum Gasteiger partial charge on any atom is 0.309 e. The van der Waals surface area contributed by atoms with Crippen LogP contribution in [0.4, 0.5) is 0 Å². The molecule has 4 nitrogen and oxygen atoms in total. The average Bonchev–Trinajstić information content (AvgIpc) is 2.59. The first-order valence-electron chi connectivity index (χ1n) is 6.35. The first-order chi connectivity index (χ1) is 8.39. The molecule has 102 valence electrons. The van der Waals surface area contributed by atoms with Gasteiger partial charge < -0.3 is 15.8 Å². The summed E-state index contributed by atoms with van der Waals surface area (Å²) in [7, 11) is 0. The average molecular weight is 270 g/mol. The predicted octanol–water partition coefficient (Wildman–Crippen LogP) is 2.24. The highest BCUT2D eigenvalue weighted by atomic mass is 32.1. The molecule has 0 aromatic heterocycles. The number of carbonyl (C=O) groups excluding carboxylic acids is 1. The second kappa shape index (κ2) is 6.18. The Morgan fingerprint density at radius 3 is 2.94 bits per heavy atom. The molecule has 3 N–H and O–H groups in total. The summed E-state index contributed by atoms with van der Waals surface area (Å²) >= 11 is 4.74. The number of rotatable bonds is 5. The van der Waals surface area contributed by atoms with Crippen LogP contribution in [0.5, 0.6) is 0 Å². The van der Waals surface area contributed by atoms with Crippen molar-refractivity contribution in [3.63, 3.8) is 0 Å². The van der Waals surface area contributed by atoms with E-state index in [9.17, 15) is 4.79 Å². The van der Waals surface area contributed by atoms with Crippen LogP contribution in [0.2, 0.25) is 0 Å². The van der Waals surface area contributed by atoms with Gasteiger partial charge in [0, 0.05) is 12.6 Å². The van der Waals surface area contributed by atoms with Crippen LogP contribution in [-0.4, -0.2) is 16.7 Å². The van der Waals surface area contributed by atoms with Gasteiger partial charge in [-0.25, -0.2) is 0 Å². The number of thiocarbonyl (C=S) groups is 1. The third-order valence-electron chi connectivity index (χ3n) is 3.47. The highest BCUT2D eigenvalue weighted by Crippen LogP contribution is 2.38. The van der Waals surface area contributed by atoms with Crippen molar-refractivity contribution in [2.45, 2.75) is 52.1 Å². The summed E-state index contributed by atoms with van der Waals surface area (Å²) in [6, 6.07) is 0. The van der Waals surface area contributed by atoms with Gasteiger partial charge in [-0.1, -0.05) is 19.8 Å². The van der Waals surface area contributed by atoms with Gasteiger partial charge in [0.25, 0.3) is 0 Å². The van der Waals surface area contributed by atoms with E-state index in [1.807, 2.05) is 13.8 Å². The Morgan fingerprint density at radius 2 is 2.39 bits per heavy atom. The standard InChI is InChI=1S/C13H22N2O2S/c1-4-5-6-10-7-13(3,17-11(10)16)9(2)8-15-12(14)18/h8,10H,4-7H2,1-3H3,(H3,14,15,18)/t10-,13-/m1/s1. The van der Waals surface area contributed by atoms with E-state index in [-0.39, 0.29) is 17.0 Å². The summed E-state index contributed by atoms with van der Waals surface area (Å²) in [5, 5.41) is 2.99. The Morgan fingerprint density at radius 1 is 1.72 bits per heavy atom. The molecule has 1 saturated heterocycles. The van der Waals surface area contributed by atoms with Crippen LogP contribution in [0.3, 0.4) is 0 Å². The van der Waals surface area contributed by atoms with E-state index < -0.39 is 5.60 Å². The van der Waals surface area contributed by atoms with Crippen LogP contribution < -0.4 is 11.1 Å². The second-order valence-electron chi connectivity index (χ2n) is 5.03. The lowest BCUT2D eigenvalue weighted by Gasteiger charge is -2.23. The van der Waals surface area contributed by atoms with Gasteiger partial charge in [0.05, 0.1) is 5.92 Å². The number of ether oxygens (including phenoxy) is 1. The van der Waals surface area contributed by atoms with Crippen LogP contribution in [0.1, 0.15) is 46.5 Å². The van der Waals surface area contributed by atoms with Gasteiger partial charge in [0.1, 0.15) is 5.60 Å². The number of cyclic esters (lactones) is 1. The van der Waals surface area contributed by atoms with E-state index in [0.717, 1.165) is 31.3 Å². The van der Waals surface area contributed by atoms with Gasteiger partial charge >= 0.3 is 5.97 Å². The number of nitrogens with one attached hydrogen (secondary N) is 1. The molecule has 0 bridgehead atoms. The zero-order valence-electron chi connectivity index (χ0n) is 11.3. The predicted molar refractivity (Wildman–Crippen MR) is 75.8 cm³/mol. The van der Waals surface area contributed by atoms with Crippen molar-refractivity contribution in [2.24, 2.45) is 11.7 Å². The second-order valence-corrected chi connectivity index (χ2v) is 5.47. The third-order valence-corrected chi connectivity index (χ3v) is 3.58. The van der Waals surface area contributed by atoms with Gasteiger partial charge in [-0.15, -0.1) is 0 Å². The fraction of sp³-hybridized carbons (Fsp3) is 0.692. The molecule has 0 aliphatic carbocycles. The smallest absolute Gasteiger partial charge is 0.309 e. The van der Waals surface area contributed by atoms with Crippen molar-refractivity contribution in [2.75, 3.05) is 0 Å². The van der Waals surface area contributed by atoms with Gasteiger partial charge in [-0.3, -0.25) is 4.79 Å². The lowest BCUT2D eigenvalue weighted by molar-refractivity contribution is -0.147. The minimum absolute atomic E-state index is 0.0168. The van der Waals surface area contributed by atoms with Crippen molar-refractivity contribution < 1.29 is 9.53 Å². The van der Waals surface area contributed by atoms with E-state index >= 15 is 0 Å². The first kappa shape index (κ1) is 15.0. The third kappa shape index (κ3) is 3.70. The van der Waals surface area contributed by atoms with Crippen LogP contribution in [0, 0.1) is 5.92 Å². The topological polar surface area (TPSA) is 64.3 Å². The molecule has 1 heterocycles.